The van der Waals surface area contributed by atoms with Crippen LogP contribution in [0.4, 0.5) is 9.59 Å². The highest BCUT2D eigenvalue weighted by Gasteiger charge is 2.17. The van der Waals surface area contributed by atoms with Crippen LogP contribution in [-0.4, -0.2) is 51.3 Å². The number of unbranched alkanes of at least 4 members (excludes halogenated alkanes) is 1. The molecule has 0 aliphatic carbocycles. The fourth-order valence-electron chi connectivity index (χ4n) is 5.25. The van der Waals surface area contributed by atoms with Gasteiger partial charge in [-0.15, -0.1) is 0 Å². The minimum absolute atomic E-state index is 0.164. The number of hydrogen-bond donors (Lipinski definition) is 6. The first-order chi connectivity index (χ1) is 22.7. The zero-order valence-electron chi connectivity index (χ0n) is 26.6. The van der Waals surface area contributed by atoms with Crippen molar-refractivity contribution in [3.05, 3.63) is 144 Å². The van der Waals surface area contributed by atoms with Gasteiger partial charge in [0, 0.05) is 13.1 Å². The number of carbonyl (C=O) groups excluding carboxylic acids is 2. The van der Waals surface area contributed by atoms with Crippen LogP contribution in [0.2, 0.25) is 0 Å². The van der Waals surface area contributed by atoms with E-state index in [1.807, 2.05) is 121 Å². The molecule has 8 nitrogen and oxygen atoms in total. The maximum atomic E-state index is 12.6. The predicted molar refractivity (Wildman–Crippen MR) is 187 cm³/mol. The van der Waals surface area contributed by atoms with Gasteiger partial charge in [-0.3, -0.25) is 0 Å². The zero-order valence-corrected chi connectivity index (χ0v) is 26.6. The highest BCUT2D eigenvalue weighted by Crippen LogP contribution is 2.22. The lowest BCUT2D eigenvalue weighted by molar-refractivity contribution is 0.237. The monoisotopic (exact) mass is 620 g/mol. The van der Waals surface area contributed by atoms with Gasteiger partial charge in [-0.2, -0.15) is 0 Å². The molecule has 0 unspecified atom stereocenters. The standard InChI is InChI=1S/C38H48N6O2/c45-37(43-35(31-17-5-1-6-18-31)32-19-7-2-8-20-32)41-29-15-27-39-25-13-14-26-40-28-16-30-42-38(46)44-36(33-21-9-3-10-22-33)34-23-11-4-12-24-34/h1-12,17-24,35-36,39-40H,13-16,25-30H2,(H2,41,43,45)(H2,42,44,46). The number of rotatable bonds is 19. The van der Waals surface area contributed by atoms with Gasteiger partial charge in [0.1, 0.15) is 0 Å². The molecule has 6 N–H and O–H groups in total. The Bertz CT molecular complexity index is 1200. The van der Waals surface area contributed by atoms with Gasteiger partial charge >= 0.3 is 12.1 Å². The molecule has 0 fully saturated rings. The van der Waals surface area contributed by atoms with Crippen LogP contribution >= 0.6 is 0 Å². The number of carbonyl (C=O) groups is 2. The largest absolute Gasteiger partial charge is 0.338 e. The quantitative estimate of drug-likeness (QED) is 0.0734. The lowest BCUT2D eigenvalue weighted by atomic mass is 9.99. The molecule has 0 radical (unpaired) electrons. The summed E-state index contributed by atoms with van der Waals surface area (Å²) in [6.07, 6.45) is 3.89. The van der Waals surface area contributed by atoms with E-state index >= 15 is 0 Å². The SMILES string of the molecule is O=C(NCCCNCCCCNCCCNC(=O)NC(c1ccccc1)c1ccccc1)NC(c1ccccc1)c1ccccc1. The van der Waals surface area contributed by atoms with Crippen molar-refractivity contribution in [1.29, 1.82) is 0 Å². The van der Waals surface area contributed by atoms with E-state index in [1.54, 1.807) is 0 Å². The van der Waals surface area contributed by atoms with Gasteiger partial charge in [-0.05, 0) is 74.1 Å². The highest BCUT2D eigenvalue weighted by atomic mass is 16.2. The Kier molecular flexibility index (Phi) is 15.2. The van der Waals surface area contributed by atoms with Crippen molar-refractivity contribution < 1.29 is 9.59 Å². The third-order valence-electron chi connectivity index (χ3n) is 7.67. The Balaban J connectivity index is 0.984. The Morgan fingerprint density at radius 3 is 0.978 bits per heavy atom. The van der Waals surface area contributed by atoms with Crippen LogP contribution in [0.1, 0.15) is 60.0 Å². The van der Waals surface area contributed by atoms with Crippen molar-refractivity contribution in [3.8, 4) is 0 Å². The third-order valence-corrected chi connectivity index (χ3v) is 7.67. The number of nitrogens with one attached hydrogen (secondary N) is 6. The van der Waals surface area contributed by atoms with Crippen LogP contribution in [0.3, 0.4) is 0 Å². The lowest BCUT2D eigenvalue weighted by Crippen LogP contribution is -2.39. The molecule has 46 heavy (non-hydrogen) atoms. The molecule has 0 bridgehead atoms. The van der Waals surface area contributed by atoms with Crippen LogP contribution in [0.25, 0.3) is 0 Å². The summed E-state index contributed by atoms with van der Waals surface area (Å²) < 4.78 is 0. The summed E-state index contributed by atoms with van der Waals surface area (Å²) in [4.78, 5) is 25.2. The van der Waals surface area contributed by atoms with E-state index in [0.717, 1.165) is 74.1 Å². The maximum absolute atomic E-state index is 12.6. The van der Waals surface area contributed by atoms with Crippen molar-refractivity contribution in [2.24, 2.45) is 0 Å². The molecule has 0 aromatic heterocycles. The second-order valence-electron chi connectivity index (χ2n) is 11.2. The first kappa shape index (κ1) is 34.2. The van der Waals surface area contributed by atoms with E-state index in [1.165, 1.54) is 0 Å². The van der Waals surface area contributed by atoms with Gasteiger partial charge in [0.25, 0.3) is 0 Å². The average Bonchev–Trinajstić information content (AvgIpc) is 3.11. The van der Waals surface area contributed by atoms with Crippen molar-refractivity contribution in [3.63, 3.8) is 0 Å². The summed E-state index contributed by atoms with van der Waals surface area (Å²) in [5.41, 5.74) is 4.21. The molecule has 0 aliphatic rings. The molecule has 0 atom stereocenters. The first-order valence-corrected chi connectivity index (χ1v) is 16.4. The molecule has 8 heteroatoms. The van der Waals surface area contributed by atoms with Crippen molar-refractivity contribution in [1.82, 2.24) is 31.9 Å². The lowest BCUT2D eigenvalue weighted by Gasteiger charge is -2.20. The van der Waals surface area contributed by atoms with Gasteiger partial charge in [0.15, 0.2) is 0 Å². The van der Waals surface area contributed by atoms with Crippen LogP contribution in [-0.2, 0) is 0 Å². The fourth-order valence-corrected chi connectivity index (χ4v) is 5.25. The summed E-state index contributed by atoms with van der Waals surface area (Å²) in [6, 6.07) is 39.4. The summed E-state index contributed by atoms with van der Waals surface area (Å²) in [7, 11) is 0. The van der Waals surface area contributed by atoms with Crippen LogP contribution < -0.4 is 31.9 Å². The summed E-state index contributed by atoms with van der Waals surface area (Å²) in [5.74, 6) is 0. The number of amides is 4. The Labute approximate surface area is 273 Å². The number of hydrogen-bond acceptors (Lipinski definition) is 4. The summed E-state index contributed by atoms with van der Waals surface area (Å²) in [5, 5.41) is 19.1. The molecule has 0 spiro atoms. The molecule has 0 saturated heterocycles. The summed E-state index contributed by atoms with van der Waals surface area (Å²) >= 11 is 0. The van der Waals surface area contributed by atoms with Gasteiger partial charge in [0.05, 0.1) is 12.1 Å². The minimum Gasteiger partial charge on any atom is -0.338 e. The van der Waals surface area contributed by atoms with E-state index < -0.39 is 0 Å². The Morgan fingerprint density at radius 2 is 0.674 bits per heavy atom. The number of urea groups is 2. The average molecular weight is 621 g/mol. The molecule has 4 rings (SSSR count). The second-order valence-corrected chi connectivity index (χ2v) is 11.2. The normalized spacial score (nSPS) is 10.9. The highest BCUT2D eigenvalue weighted by molar-refractivity contribution is 5.75. The van der Waals surface area contributed by atoms with E-state index in [2.05, 4.69) is 31.9 Å². The van der Waals surface area contributed by atoms with Crippen LogP contribution in [0, 0.1) is 0 Å². The van der Waals surface area contributed by atoms with Gasteiger partial charge < -0.3 is 31.9 Å². The zero-order chi connectivity index (χ0) is 32.1. The van der Waals surface area contributed by atoms with Crippen molar-refractivity contribution in [2.45, 2.75) is 37.8 Å². The molecular weight excluding hydrogens is 572 g/mol. The van der Waals surface area contributed by atoms with Crippen LogP contribution in [0.5, 0.6) is 0 Å². The minimum atomic E-state index is -0.192. The van der Waals surface area contributed by atoms with Crippen molar-refractivity contribution in [2.75, 3.05) is 39.3 Å². The van der Waals surface area contributed by atoms with E-state index in [4.69, 9.17) is 0 Å². The molecule has 0 aliphatic heterocycles. The van der Waals surface area contributed by atoms with Crippen LogP contribution in [0.15, 0.2) is 121 Å². The topological polar surface area (TPSA) is 106 Å². The molecule has 0 heterocycles. The van der Waals surface area contributed by atoms with Crippen molar-refractivity contribution >= 4 is 12.1 Å². The molecule has 242 valence electrons. The molecule has 0 saturated carbocycles. The smallest absolute Gasteiger partial charge is 0.315 e. The van der Waals surface area contributed by atoms with E-state index in [-0.39, 0.29) is 24.1 Å². The molecule has 4 aromatic rings. The van der Waals surface area contributed by atoms with Gasteiger partial charge in [-0.1, -0.05) is 121 Å². The molecule has 4 aromatic carbocycles. The molecular formula is C38H48N6O2. The van der Waals surface area contributed by atoms with Gasteiger partial charge in [-0.25, -0.2) is 9.59 Å². The van der Waals surface area contributed by atoms with Gasteiger partial charge in [0.2, 0.25) is 0 Å². The predicted octanol–water partition coefficient (Wildman–Crippen LogP) is 5.90. The Hall–Kier alpha value is -4.66. The second kappa shape index (κ2) is 20.4. The number of benzene rings is 4. The molecule has 4 amide bonds. The van der Waals surface area contributed by atoms with E-state index in [0.29, 0.717) is 13.1 Å². The first-order valence-electron chi connectivity index (χ1n) is 16.4. The maximum Gasteiger partial charge on any atom is 0.315 e. The third kappa shape index (κ3) is 12.4. The Morgan fingerprint density at radius 1 is 0.391 bits per heavy atom. The van der Waals surface area contributed by atoms with E-state index in [9.17, 15) is 9.59 Å². The summed E-state index contributed by atoms with van der Waals surface area (Å²) in [6.45, 7) is 4.84. The fraction of sp³-hybridized carbons (Fsp3) is 0.316.